The number of benzene rings is 2. The summed E-state index contributed by atoms with van der Waals surface area (Å²) in [6.07, 6.45) is -4.12. The standard InChI is InChI=1S/C19H17BrF3NO3/c1-2-16(12-7-9-14(10-8-12)19(21,22)23)24(17(25)18(26)27)11-13-5-3-4-6-15(13)20/h3-10,16H,2,11H2,1H3,(H,26,27). The number of carbonyl (C=O) groups is 2. The van der Waals surface area contributed by atoms with Gasteiger partial charge in [-0.05, 0) is 35.7 Å². The van der Waals surface area contributed by atoms with Gasteiger partial charge < -0.3 is 10.0 Å². The molecule has 2 aromatic carbocycles. The molecule has 1 N–H and O–H groups in total. The minimum atomic E-state index is -4.47. The van der Waals surface area contributed by atoms with Crippen molar-refractivity contribution < 1.29 is 27.9 Å². The molecule has 0 spiro atoms. The third-order valence-corrected chi connectivity index (χ3v) is 4.90. The van der Waals surface area contributed by atoms with Crippen LogP contribution in [0.25, 0.3) is 0 Å². The topological polar surface area (TPSA) is 57.6 Å². The van der Waals surface area contributed by atoms with Gasteiger partial charge in [-0.1, -0.05) is 53.2 Å². The van der Waals surface area contributed by atoms with Gasteiger partial charge in [0.25, 0.3) is 0 Å². The Balaban J connectivity index is 2.41. The van der Waals surface area contributed by atoms with Crippen molar-refractivity contribution in [1.29, 1.82) is 0 Å². The molecular formula is C19H17BrF3NO3. The highest BCUT2D eigenvalue weighted by atomic mass is 79.9. The quantitative estimate of drug-likeness (QED) is 0.659. The van der Waals surface area contributed by atoms with Gasteiger partial charge in [-0.25, -0.2) is 4.79 Å². The molecule has 0 saturated heterocycles. The fourth-order valence-electron chi connectivity index (χ4n) is 2.79. The molecule has 0 fully saturated rings. The maximum absolute atomic E-state index is 12.8. The van der Waals surface area contributed by atoms with E-state index in [9.17, 15) is 27.9 Å². The monoisotopic (exact) mass is 443 g/mol. The van der Waals surface area contributed by atoms with Crippen LogP contribution in [0.15, 0.2) is 53.0 Å². The third-order valence-electron chi connectivity index (χ3n) is 4.13. The first-order valence-corrected chi connectivity index (χ1v) is 8.89. The van der Waals surface area contributed by atoms with Crippen molar-refractivity contribution in [3.8, 4) is 0 Å². The van der Waals surface area contributed by atoms with E-state index in [0.29, 0.717) is 22.0 Å². The van der Waals surface area contributed by atoms with E-state index in [-0.39, 0.29) is 6.54 Å². The first-order valence-electron chi connectivity index (χ1n) is 8.09. The second kappa shape index (κ2) is 8.56. The number of nitrogens with zero attached hydrogens (tertiary/aromatic N) is 1. The lowest BCUT2D eigenvalue weighted by Crippen LogP contribution is -2.39. The van der Waals surface area contributed by atoms with Crippen molar-refractivity contribution in [3.63, 3.8) is 0 Å². The van der Waals surface area contributed by atoms with Gasteiger partial charge in [0.1, 0.15) is 0 Å². The zero-order valence-corrected chi connectivity index (χ0v) is 15.9. The van der Waals surface area contributed by atoms with Crippen LogP contribution in [0.2, 0.25) is 0 Å². The zero-order valence-electron chi connectivity index (χ0n) is 14.3. The van der Waals surface area contributed by atoms with Gasteiger partial charge in [0.05, 0.1) is 11.6 Å². The highest BCUT2D eigenvalue weighted by Gasteiger charge is 2.32. The van der Waals surface area contributed by atoms with Crippen molar-refractivity contribution in [1.82, 2.24) is 4.90 Å². The lowest BCUT2D eigenvalue weighted by atomic mass is 10.00. The molecule has 2 aromatic rings. The highest BCUT2D eigenvalue weighted by Crippen LogP contribution is 2.33. The number of amides is 1. The molecule has 1 unspecified atom stereocenters. The van der Waals surface area contributed by atoms with Gasteiger partial charge in [-0.3, -0.25) is 4.79 Å². The summed E-state index contributed by atoms with van der Waals surface area (Å²) in [5, 5.41) is 9.19. The number of rotatable bonds is 5. The number of carbonyl (C=O) groups excluding carboxylic acids is 1. The van der Waals surface area contributed by atoms with E-state index in [2.05, 4.69) is 15.9 Å². The third kappa shape index (κ3) is 5.09. The summed E-state index contributed by atoms with van der Waals surface area (Å²) >= 11 is 3.36. The fraction of sp³-hybridized carbons (Fsp3) is 0.263. The maximum Gasteiger partial charge on any atom is 0.416 e. The first kappa shape index (κ1) is 21.0. The van der Waals surface area contributed by atoms with E-state index < -0.39 is 29.7 Å². The van der Waals surface area contributed by atoms with Crippen LogP contribution >= 0.6 is 15.9 Å². The molecule has 27 heavy (non-hydrogen) atoms. The summed E-state index contributed by atoms with van der Waals surface area (Å²) in [5.41, 5.74) is 0.327. The molecule has 1 atom stereocenters. The van der Waals surface area contributed by atoms with Crippen LogP contribution in [0, 0.1) is 0 Å². The van der Waals surface area contributed by atoms with Gasteiger partial charge in [0, 0.05) is 11.0 Å². The van der Waals surface area contributed by atoms with Crippen LogP contribution in [-0.2, 0) is 22.3 Å². The lowest BCUT2D eigenvalue weighted by molar-refractivity contribution is -0.157. The molecule has 0 saturated carbocycles. The van der Waals surface area contributed by atoms with Gasteiger partial charge in [-0.15, -0.1) is 0 Å². The average molecular weight is 444 g/mol. The smallest absolute Gasteiger partial charge is 0.416 e. The Labute approximate surface area is 162 Å². The van der Waals surface area contributed by atoms with Gasteiger partial charge in [0.2, 0.25) is 0 Å². The summed E-state index contributed by atoms with van der Waals surface area (Å²) in [7, 11) is 0. The van der Waals surface area contributed by atoms with Crippen LogP contribution < -0.4 is 0 Å². The zero-order chi connectivity index (χ0) is 20.2. The molecular weight excluding hydrogens is 427 g/mol. The van der Waals surface area contributed by atoms with Gasteiger partial charge in [0.15, 0.2) is 0 Å². The summed E-state index contributed by atoms with van der Waals surface area (Å²) in [4.78, 5) is 24.7. The van der Waals surface area contributed by atoms with Crippen molar-refractivity contribution in [2.75, 3.05) is 0 Å². The second-order valence-corrected chi connectivity index (χ2v) is 6.73. The molecule has 0 aliphatic carbocycles. The largest absolute Gasteiger partial charge is 0.474 e. The Kier molecular flexibility index (Phi) is 6.64. The molecule has 0 heterocycles. The molecule has 1 amide bonds. The van der Waals surface area contributed by atoms with Crippen molar-refractivity contribution in [3.05, 3.63) is 69.7 Å². The van der Waals surface area contributed by atoms with Crippen LogP contribution in [0.4, 0.5) is 13.2 Å². The summed E-state index contributed by atoms with van der Waals surface area (Å²) in [6.45, 7) is 1.75. The number of hydrogen-bond donors (Lipinski definition) is 1. The normalized spacial score (nSPS) is 12.5. The molecule has 4 nitrogen and oxygen atoms in total. The number of carboxylic acid groups (broad SMARTS) is 1. The Hall–Kier alpha value is -2.35. The summed E-state index contributed by atoms with van der Waals surface area (Å²) in [6, 6.07) is 10.8. The van der Waals surface area contributed by atoms with E-state index in [1.807, 2.05) is 0 Å². The molecule has 0 aliphatic rings. The Morgan fingerprint density at radius 3 is 2.19 bits per heavy atom. The number of carboxylic acids is 1. The summed E-state index contributed by atoms with van der Waals surface area (Å²) < 4.78 is 39.0. The van der Waals surface area contributed by atoms with Crippen LogP contribution in [0.1, 0.15) is 36.1 Å². The molecule has 8 heteroatoms. The van der Waals surface area contributed by atoms with E-state index in [1.165, 1.54) is 12.1 Å². The van der Waals surface area contributed by atoms with Crippen molar-refractivity contribution >= 4 is 27.8 Å². The van der Waals surface area contributed by atoms with Gasteiger partial charge in [-0.2, -0.15) is 13.2 Å². The van der Waals surface area contributed by atoms with Gasteiger partial charge >= 0.3 is 18.1 Å². The van der Waals surface area contributed by atoms with E-state index in [4.69, 9.17) is 0 Å². The Morgan fingerprint density at radius 1 is 1.11 bits per heavy atom. The molecule has 0 radical (unpaired) electrons. The minimum absolute atomic E-state index is 0.00604. The van der Waals surface area contributed by atoms with Crippen LogP contribution in [0.5, 0.6) is 0 Å². The highest BCUT2D eigenvalue weighted by molar-refractivity contribution is 9.10. The molecule has 144 valence electrons. The average Bonchev–Trinajstić information content (AvgIpc) is 2.62. The van der Waals surface area contributed by atoms with Crippen LogP contribution in [0.3, 0.4) is 0 Å². The minimum Gasteiger partial charge on any atom is -0.474 e. The number of halogens is 4. The Morgan fingerprint density at radius 2 is 1.70 bits per heavy atom. The molecule has 0 bridgehead atoms. The number of hydrogen-bond acceptors (Lipinski definition) is 2. The molecule has 2 rings (SSSR count). The predicted octanol–water partition coefficient (Wildman–Crippen LogP) is 5.03. The molecule has 0 aromatic heterocycles. The number of aliphatic carboxylic acids is 1. The first-order chi connectivity index (χ1) is 12.6. The van der Waals surface area contributed by atoms with Crippen LogP contribution in [-0.4, -0.2) is 21.9 Å². The molecule has 0 aliphatic heterocycles. The van der Waals surface area contributed by atoms with Crippen molar-refractivity contribution in [2.24, 2.45) is 0 Å². The lowest BCUT2D eigenvalue weighted by Gasteiger charge is -2.31. The van der Waals surface area contributed by atoms with Crippen molar-refractivity contribution in [2.45, 2.75) is 32.1 Å². The predicted molar refractivity (Wildman–Crippen MR) is 96.8 cm³/mol. The van der Waals surface area contributed by atoms with E-state index in [1.54, 1.807) is 31.2 Å². The SMILES string of the molecule is CCC(c1ccc(C(F)(F)F)cc1)N(Cc1ccccc1Br)C(=O)C(=O)O. The van der Waals surface area contributed by atoms with E-state index in [0.717, 1.165) is 17.0 Å². The Bertz CT molecular complexity index is 822. The van der Waals surface area contributed by atoms with E-state index >= 15 is 0 Å². The fourth-order valence-corrected chi connectivity index (χ4v) is 3.20. The summed E-state index contributed by atoms with van der Waals surface area (Å²) in [5.74, 6) is -2.73. The number of alkyl halides is 3. The maximum atomic E-state index is 12.8. The second-order valence-electron chi connectivity index (χ2n) is 5.87.